The first-order valence-corrected chi connectivity index (χ1v) is 21.7. The van der Waals surface area contributed by atoms with Gasteiger partial charge in [0.2, 0.25) is 0 Å². The van der Waals surface area contributed by atoms with Gasteiger partial charge in [0, 0.05) is 19.4 Å². The zero-order valence-corrected chi connectivity index (χ0v) is 32.7. The molecule has 0 aliphatic heterocycles. The Morgan fingerprint density at radius 1 is 0.750 bits per heavy atom. The molecule has 3 nitrogen and oxygen atoms in total. The molecule has 0 bridgehead atoms. The molecule has 0 spiro atoms. The van der Waals surface area contributed by atoms with Gasteiger partial charge in [-0.3, -0.25) is 4.79 Å². The highest BCUT2D eigenvalue weighted by atomic mass is 16.5. The van der Waals surface area contributed by atoms with Crippen molar-refractivity contribution in [1.29, 1.82) is 0 Å². The molecule has 0 aromatic rings. The second kappa shape index (κ2) is 20.3. The van der Waals surface area contributed by atoms with E-state index in [9.17, 15) is 4.79 Å². The van der Waals surface area contributed by atoms with Gasteiger partial charge in [0.25, 0.3) is 0 Å². The molecular weight excluding hydrogens is 588 g/mol. The molecule has 8 atom stereocenters. The molecule has 4 aliphatic carbocycles. The quantitative estimate of drug-likeness (QED) is 0.0669. The first-order valence-electron chi connectivity index (χ1n) is 21.7. The van der Waals surface area contributed by atoms with E-state index in [0.717, 1.165) is 61.2 Å². The van der Waals surface area contributed by atoms with Crippen LogP contribution in [0.3, 0.4) is 0 Å². The van der Waals surface area contributed by atoms with E-state index in [4.69, 9.17) is 9.84 Å². The number of unbranched alkanes of at least 4 members (excludes halogenated alkanes) is 14. The van der Waals surface area contributed by atoms with Gasteiger partial charge in [0.1, 0.15) is 6.10 Å². The third-order valence-corrected chi connectivity index (χ3v) is 14.6. The van der Waals surface area contributed by atoms with Crippen molar-refractivity contribution < 1.29 is 14.6 Å². The molecule has 48 heavy (non-hydrogen) atoms. The van der Waals surface area contributed by atoms with Crippen molar-refractivity contribution in [1.82, 2.24) is 0 Å². The molecule has 0 radical (unpaired) electrons. The molecule has 0 aromatic carbocycles. The van der Waals surface area contributed by atoms with Crippen LogP contribution in [0.25, 0.3) is 0 Å². The highest BCUT2D eigenvalue weighted by molar-refractivity contribution is 5.69. The van der Waals surface area contributed by atoms with Gasteiger partial charge in [-0.15, -0.1) is 0 Å². The zero-order chi connectivity index (χ0) is 34.4. The molecule has 0 saturated heterocycles. The van der Waals surface area contributed by atoms with Gasteiger partial charge >= 0.3 is 5.97 Å². The lowest BCUT2D eigenvalue weighted by molar-refractivity contribution is -0.151. The molecule has 0 amide bonds. The summed E-state index contributed by atoms with van der Waals surface area (Å²) in [5, 5.41) is 8.84. The highest BCUT2D eigenvalue weighted by Crippen LogP contribution is 2.67. The number of aliphatic hydroxyl groups excluding tert-OH is 1. The van der Waals surface area contributed by atoms with E-state index >= 15 is 0 Å². The van der Waals surface area contributed by atoms with Crippen molar-refractivity contribution in [3.63, 3.8) is 0 Å². The fraction of sp³-hybridized carbons (Fsp3) is 0.933. The third-order valence-electron chi connectivity index (χ3n) is 14.6. The largest absolute Gasteiger partial charge is 0.462 e. The lowest BCUT2D eigenvalue weighted by atomic mass is 9.47. The molecule has 278 valence electrons. The predicted molar refractivity (Wildman–Crippen MR) is 204 cm³/mol. The summed E-state index contributed by atoms with van der Waals surface area (Å²) in [4.78, 5) is 12.8. The van der Waals surface area contributed by atoms with Crippen LogP contribution in [0.5, 0.6) is 0 Å². The Labute approximate surface area is 298 Å². The van der Waals surface area contributed by atoms with Gasteiger partial charge in [-0.1, -0.05) is 149 Å². The molecular formula is C45H80O3. The molecule has 3 fully saturated rings. The molecule has 0 aromatic heterocycles. The van der Waals surface area contributed by atoms with Crippen LogP contribution in [0, 0.1) is 46.3 Å². The summed E-state index contributed by atoms with van der Waals surface area (Å²) in [5.41, 5.74) is 2.52. The zero-order valence-electron chi connectivity index (χ0n) is 32.7. The predicted octanol–water partition coefficient (Wildman–Crippen LogP) is 13.2. The first-order chi connectivity index (χ1) is 23.2. The summed E-state index contributed by atoms with van der Waals surface area (Å²) in [6.07, 6.45) is 37.1. The summed E-state index contributed by atoms with van der Waals surface area (Å²) in [7, 11) is 0. The van der Waals surface area contributed by atoms with Crippen LogP contribution in [0.2, 0.25) is 0 Å². The van der Waals surface area contributed by atoms with Gasteiger partial charge in [0.05, 0.1) is 0 Å². The molecule has 0 unspecified atom stereocenters. The maximum atomic E-state index is 12.8. The lowest BCUT2D eigenvalue weighted by Crippen LogP contribution is -2.51. The summed E-state index contributed by atoms with van der Waals surface area (Å²) >= 11 is 0. The number of esters is 1. The van der Waals surface area contributed by atoms with Crippen LogP contribution in [-0.4, -0.2) is 23.8 Å². The Morgan fingerprint density at radius 3 is 1.96 bits per heavy atom. The van der Waals surface area contributed by atoms with Crippen LogP contribution in [0.15, 0.2) is 11.6 Å². The van der Waals surface area contributed by atoms with E-state index in [1.807, 2.05) is 0 Å². The van der Waals surface area contributed by atoms with Crippen LogP contribution in [0.4, 0.5) is 0 Å². The minimum absolute atomic E-state index is 0.0548. The van der Waals surface area contributed by atoms with Crippen LogP contribution < -0.4 is 0 Å². The van der Waals surface area contributed by atoms with Crippen molar-refractivity contribution in [2.24, 2.45) is 46.3 Å². The molecule has 0 heterocycles. The van der Waals surface area contributed by atoms with E-state index in [-0.39, 0.29) is 12.1 Å². The maximum absolute atomic E-state index is 12.8. The number of aliphatic hydroxyl groups is 1. The van der Waals surface area contributed by atoms with Crippen LogP contribution >= 0.6 is 0 Å². The van der Waals surface area contributed by atoms with Crippen LogP contribution in [-0.2, 0) is 9.53 Å². The summed E-state index contributed by atoms with van der Waals surface area (Å²) < 4.78 is 6.13. The first kappa shape index (κ1) is 39.9. The second-order valence-corrected chi connectivity index (χ2v) is 18.4. The van der Waals surface area contributed by atoms with Gasteiger partial charge in [-0.05, 0) is 104 Å². The van der Waals surface area contributed by atoms with Crippen molar-refractivity contribution in [2.45, 2.75) is 214 Å². The molecule has 3 saturated carbocycles. The van der Waals surface area contributed by atoms with E-state index < -0.39 is 0 Å². The average molecular weight is 669 g/mol. The SMILES string of the molecule is CC(C)CCC[C@@H](C)[C@H]1CC[C@@H]2[C@@H]3CC=C4C[C@H](OC(=O)CCCCCCCCCCCCCCCCCO)CC[C@]4(C)[C@@H]3CC[C@@]21C. The topological polar surface area (TPSA) is 46.5 Å². The van der Waals surface area contributed by atoms with E-state index in [1.165, 1.54) is 141 Å². The van der Waals surface area contributed by atoms with E-state index in [0.29, 0.717) is 23.9 Å². The van der Waals surface area contributed by atoms with Gasteiger partial charge < -0.3 is 9.84 Å². The van der Waals surface area contributed by atoms with Crippen LogP contribution in [0.1, 0.15) is 208 Å². The Hall–Kier alpha value is -0.830. The summed E-state index contributed by atoms with van der Waals surface area (Å²) in [6.45, 7) is 13.0. The van der Waals surface area contributed by atoms with E-state index in [1.54, 1.807) is 5.57 Å². The minimum atomic E-state index is 0.0548. The molecule has 3 heteroatoms. The highest BCUT2D eigenvalue weighted by Gasteiger charge is 2.59. The van der Waals surface area contributed by atoms with Crippen molar-refractivity contribution in [3.8, 4) is 0 Å². The summed E-state index contributed by atoms with van der Waals surface area (Å²) in [5.74, 6) is 5.30. The van der Waals surface area contributed by atoms with Crippen molar-refractivity contribution >= 4 is 5.97 Å². The normalized spacial score (nSPS) is 32.0. The standard InChI is InChI=1S/C45H80O3/c1-35(2)22-21-23-36(3)40-27-28-41-39-26-25-37-34-38(29-31-44(37,4)42(39)30-32-45(40,41)5)48-43(47)24-19-17-15-13-11-9-7-6-8-10-12-14-16-18-20-33-46/h25,35-36,38-42,46H,6-24,26-34H2,1-5H3/t36-,38-,39+,40-,41-,42-,44+,45-/m1/s1. The summed E-state index contributed by atoms with van der Waals surface area (Å²) in [6, 6.07) is 0. The Morgan fingerprint density at radius 2 is 1.35 bits per heavy atom. The number of ether oxygens (including phenoxy) is 1. The third kappa shape index (κ3) is 11.1. The minimum Gasteiger partial charge on any atom is -0.462 e. The van der Waals surface area contributed by atoms with Crippen molar-refractivity contribution in [2.75, 3.05) is 6.61 Å². The Bertz CT molecular complexity index is 954. The molecule has 1 N–H and O–H groups in total. The van der Waals surface area contributed by atoms with Crippen molar-refractivity contribution in [3.05, 3.63) is 11.6 Å². The fourth-order valence-corrected chi connectivity index (χ4v) is 11.7. The second-order valence-electron chi connectivity index (χ2n) is 18.4. The van der Waals surface area contributed by atoms with E-state index in [2.05, 4.69) is 40.7 Å². The number of hydrogen-bond acceptors (Lipinski definition) is 3. The Balaban J connectivity index is 1.08. The molecule has 4 rings (SSSR count). The smallest absolute Gasteiger partial charge is 0.306 e. The van der Waals surface area contributed by atoms with Gasteiger partial charge in [-0.25, -0.2) is 0 Å². The number of carbonyl (C=O) groups is 1. The molecule has 4 aliphatic rings. The fourth-order valence-electron chi connectivity index (χ4n) is 11.7. The monoisotopic (exact) mass is 669 g/mol. The maximum Gasteiger partial charge on any atom is 0.306 e. The average Bonchev–Trinajstić information content (AvgIpc) is 3.42. The number of rotatable bonds is 23. The van der Waals surface area contributed by atoms with Gasteiger partial charge in [-0.2, -0.15) is 0 Å². The number of fused-ring (bicyclic) bond motifs is 5. The number of carbonyl (C=O) groups excluding carboxylic acids is 1. The Kier molecular flexibility index (Phi) is 16.9. The number of hydrogen-bond donors (Lipinski definition) is 1. The van der Waals surface area contributed by atoms with Gasteiger partial charge in [0.15, 0.2) is 0 Å². The lowest BCUT2D eigenvalue weighted by Gasteiger charge is -2.58. The number of allylic oxidation sites excluding steroid dienone is 1.